The zero-order valence-corrected chi connectivity index (χ0v) is 13.6. The Hall–Kier alpha value is -2.03. The van der Waals surface area contributed by atoms with E-state index in [4.69, 9.17) is 18.6 Å². The highest BCUT2D eigenvalue weighted by molar-refractivity contribution is 5.79. The number of halogens is 1. The summed E-state index contributed by atoms with van der Waals surface area (Å²) in [6.07, 6.45) is 1.86. The van der Waals surface area contributed by atoms with E-state index < -0.39 is 10.2 Å². The number of pyridine rings is 1. The normalized spacial score (nSPS) is 11.3. The second kappa shape index (κ2) is 6.61. The number of nitrogens with one attached hydrogen (secondary N) is 1. The molecule has 2 aromatic heterocycles. The molecule has 2 heterocycles. The minimum atomic E-state index is -4.94. The number of nitrogens with zero attached hydrogens (tertiary/aromatic N) is 2. The van der Waals surface area contributed by atoms with Gasteiger partial charge in [-0.3, -0.25) is 5.10 Å². The molecule has 0 atom stereocenters. The zero-order valence-electron chi connectivity index (χ0n) is 12.9. The first-order chi connectivity index (χ1) is 10.6. The molecule has 0 aliphatic heterocycles. The summed E-state index contributed by atoms with van der Waals surface area (Å²) in [5.41, 5.74) is 6.04. The summed E-state index contributed by atoms with van der Waals surface area (Å²) in [5.74, 6) is 0. The molecule has 0 amide bonds. The van der Waals surface area contributed by atoms with Gasteiger partial charge in [0.25, 0.3) is 0 Å². The van der Waals surface area contributed by atoms with E-state index in [2.05, 4.69) is 65.9 Å². The molecule has 8 heteroatoms. The van der Waals surface area contributed by atoms with Crippen molar-refractivity contribution in [1.29, 1.82) is 0 Å². The lowest BCUT2D eigenvalue weighted by molar-refractivity contribution is -2.00. The minimum absolute atomic E-state index is 1.07. The number of aryl methyl sites for hydroxylation is 3. The summed E-state index contributed by atoms with van der Waals surface area (Å²) in [7, 11) is -4.94. The molecule has 122 valence electrons. The van der Waals surface area contributed by atoms with Crippen LogP contribution in [0.5, 0.6) is 0 Å². The van der Waals surface area contributed by atoms with Crippen LogP contribution >= 0.6 is 0 Å². The summed E-state index contributed by atoms with van der Waals surface area (Å²) >= 11 is 0. The van der Waals surface area contributed by atoms with E-state index in [9.17, 15) is 0 Å². The lowest BCUT2D eigenvalue weighted by atomic mass is 10.1. The molecular weight excluding hydrogens is 322 g/mol. The number of hydrogen-bond donors (Lipinski definition) is 1. The van der Waals surface area contributed by atoms with Gasteiger partial charge in [0.2, 0.25) is 5.69 Å². The second-order valence-corrected chi connectivity index (χ2v) is 5.93. The van der Waals surface area contributed by atoms with Crippen molar-refractivity contribution < 1.29 is 33.4 Å². The molecule has 3 aromatic rings. The third kappa shape index (κ3) is 4.72. The summed E-state index contributed by atoms with van der Waals surface area (Å²) < 4.78 is 36.2. The lowest BCUT2D eigenvalue weighted by Gasteiger charge is -2.17. The Bertz CT molecular complexity index is 798. The van der Waals surface area contributed by atoms with E-state index in [1.807, 2.05) is 6.20 Å². The first-order valence-corrected chi connectivity index (χ1v) is 7.94. The number of hydrogen-bond acceptors (Lipinski definition) is 5. The van der Waals surface area contributed by atoms with Crippen molar-refractivity contribution in [3.05, 3.63) is 53.5 Å². The van der Waals surface area contributed by atoms with Crippen LogP contribution in [-0.4, -0.2) is 10.2 Å². The van der Waals surface area contributed by atoms with E-state index in [1.165, 1.54) is 22.6 Å². The molecule has 1 aromatic carbocycles. The number of benzene rings is 1. The van der Waals surface area contributed by atoms with Gasteiger partial charge in [0.15, 0.2) is 11.4 Å². The number of aromatic amines is 1. The number of rotatable bonds is 1. The third-order valence-electron chi connectivity index (χ3n) is 3.26. The van der Waals surface area contributed by atoms with Crippen LogP contribution in [0.1, 0.15) is 17.0 Å². The Labute approximate surface area is 135 Å². The average Bonchev–Trinajstić information content (AvgIpc) is 2.82. The fourth-order valence-corrected chi connectivity index (χ4v) is 2.58. The maximum absolute atomic E-state index is 8.49. The van der Waals surface area contributed by atoms with Crippen molar-refractivity contribution in [3.63, 3.8) is 0 Å². The Morgan fingerprint density at radius 3 is 2.09 bits per heavy atom. The molecule has 23 heavy (non-hydrogen) atoms. The molecule has 1 N–H and O–H groups in total. The molecule has 7 nitrogen and oxygen atoms in total. The molecule has 0 saturated carbocycles. The summed E-state index contributed by atoms with van der Waals surface area (Å²) in [5, 5.41) is 8.18. The molecule has 0 radical (unpaired) electrons. The van der Waals surface area contributed by atoms with Crippen LogP contribution in [0.2, 0.25) is 0 Å². The highest BCUT2D eigenvalue weighted by Crippen LogP contribution is 2.14. The highest BCUT2D eigenvalue weighted by atomic mass is 35.7. The quantitative estimate of drug-likeness (QED) is 0.515. The second-order valence-electron chi connectivity index (χ2n) is 5.17. The third-order valence-corrected chi connectivity index (χ3v) is 3.26. The average molecular weight is 338 g/mol. The fourth-order valence-electron chi connectivity index (χ4n) is 2.58. The largest absolute Gasteiger partial charge is 0.278 e. The monoisotopic (exact) mass is 337 g/mol. The van der Waals surface area contributed by atoms with Crippen molar-refractivity contribution in [3.8, 4) is 5.69 Å². The van der Waals surface area contributed by atoms with Crippen LogP contribution in [0.3, 0.4) is 0 Å². The van der Waals surface area contributed by atoms with E-state index in [-0.39, 0.29) is 0 Å². The zero-order chi connectivity index (χ0) is 17.2. The Balaban J connectivity index is 0.000000338. The molecule has 0 fully saturated rings. The van der Waals surface area contributed by atoms with Crippen LogP contribution in [0, 0.1) is 31.0 Å². The van der Waals surface area contributed by atoms with Gasteiger partial charge < -0.3 is 0 Å². The molecule has 0 aliphatic rings. The topological polar surface area (TPSA) is 125 Å². The molecule has 0 bridgehead atoms. The van der Waals surface area contributed by atoms with Crippen molar-refractivity contribution in [2.24, 2.45) is 0 Å². The number of aromatic nitrogens is 3. The van der Waals surface area contributed by atoms with Gasteiger partial charge in [-0.05, 0) is 18.6 Å². The first kappa shape index (κ1) is 17.3. The molecule has 0 aliphatic carbocycles. The van der Waals surface area contributed by atoms with Crippen LogP contribution < -0.4 is 23.2 Å². The molecule has 3 rings (SSSR count). The van der Waals surface area contributed by atoms with Gasteiger partial charge in [-0.25, -0.2) is 18.6 Å². The smallest absolute Gasteiger partial charge is 0.211 e. The van der Waals surface area contributed by atoms with Gasteiger partial charge in [-0.15, -0.1) is 10.2 Å². The predicted molar refractivity (Wildman–Crippen MR) is 71.8 cm³/mol. The molecular formula is C15H16ClN3O4. The predicted octanol–water partition coefficient (Wildman–Crippen LogP) is -1.99. The standard InChI is InChI=1S/C15H16N3.ClHO4/c1-10-6-11(2)18(12(3)7-10)14-4-5-15-13(8-14)9-16-17-15;2-1(3,4)5/h4-9H,1-3H3,(H,16,17);(H,2,3,4,5)/q+1;/p-1. The summed E-state index contributed by atoms with van der Waals surface area (Å²) in [4.78, 5) is 0. The highest BCUT2D eigenvalue weighted by Gasteiger charge is 2.15. The van der Waals surface area contributed by atoms with E-state index in [0.29, 0.717) is 0 Å². The van der Waals surface area contributed by atoms with Gasteiger partial charge in [0, 0.05) is 43.5 Å². The van der Waals surface area contributed by atoms with Crippen molar-refractivity contribution >= 4 is 10.9 Å². The van der Waals surface area contributed by atoms with Crippen molar-refractivity contribution in [1.82, 2.24) is 10.2 Å². The molecule has 0 spiro atoms. The van der Waals surface area contributed by atoms with Crippen LogP contribution in [-0.2, 0) is 0 Å². The Kier molecular flexibility index (Phi) is 4.98. The van der Waals surface area contributed by atoms with E-state index in [1.54, 1.807) is 0 Å². The van der Waals surface area contributed by atoms with E-state index in [0.717, 1.165) is 10.9 Å². The molecule has 0 saturated heterocycles. The maximum atomic E-state index is 8.49. The van der Waals surface area contributed by atoms with Gasteiger partial charge in [-0.1, -0.05) is 0 Å². The van der Waals surface area contributed by atoms with Gasteiger partial charge in [-0.2, -0.15) is 9.67 Å². The lowest BCUT2D eigenvalue weighted by Crippen LogP contribution is -2.68. The van der Waals surface area contributed by atoms with Crippen molar-refractivity contribution in [2.75, 3.05) is 0 Å². The summed E-state index contributed by atoms with van der Waals surface area (Å²) in [6.45, 7) is 6.41. The van der Waals surface area contributed by atoms with Gasteiger partial charge in [0.05, 0.1) is 11.7 Å². The first-order valence-electron chi connectivity index (χ1n) is 6.70. The summed E-state index contributed by atoms with van der Waals surface area (Å²) in [6, 6.07) is 10.8. The Morgan fingerprint density at radius 1 is 0.957 bits per heavy atom. The van der Waals surface area contributed by atoms with Gasteiger partial charge >= 0.3 is 0 Å². The SMILES string of the molecule is Cc1cc(C)[n+](-c2ccc3[nH]ncc3c2)c(C)c1.[O-][Cl+3]([O-])([O-])[O-]. The number of H-pyrrole nitrogens is 1. The minimum Gasteiger partial charge on any atom is -0.278 e. The van der Waals surface area contributed by atoms with Gasteiger partial charge in [0.1, 0.15) is 0 Å². The van der Waals surface area contributed by atoms with Crippen molar-refractivity contribution in [2.45, 2.75) is 20.8 Å². The van der Waals surface area contributed by atoms with Crippen LogP contribution in [0.25, 0.3) is 16.6 Å². The number of fused-ring (bicyclic) bond motifs is 1. The van der Waals surface area contributed by atoms with Crippen LogP contribution in [0.4, 0.5) is 0 Å². The maximum Gasteiger partial charge on any atom is 0.211 e. The fraction of sp³-hybridized carbons (Fsp3) is 0.200. The Morgan fingerprint density at radius 2 is 1.52 bits per heavy atom. The van der Waals surface area contributed by atoms with Crippen LogP contribution in [0.15, 0.2) is 36.5 Å². The molecule has 0 unspecified atom stereocenters. The van der Waals surface area contributed by atoms with E-state index >= 15 is 0 Å².